The lowest BCUT2D eigenvalue weighted by atomic mass is 10.1. The third-order valence-corrected chi connectivity index (χ3v) is 2.37. The van der Waals surface area contributed by atoms with E-state index in [1.807, 2.05) is 24.3 Å². The summed E-state index contributed by atoms with van der Waals surface area (Å²) < 4.78 is 6.88. The first-order valence-corrected chi connectivity index (χ1v) is 5.42. The summed E-state index contributed by atoms with van der Waals surface area (Å²) >= 11 is 0. The van der Waals surface area contributed by atoms with Gasteiger partial charge in [0.25, 0.3) is 0 Å². The standard InChI is InChI=1S/C12H15N3O2/c1-9(16)7-15-8-11(13-14-15)10-5-3-4-6-12(10)17-2/h3-6,8-9,16H,7H2,1-2H3. The number of methoxy groups -OCH3 is 1. The Hall–Kier alpha value is -1.88. The summed E-state index contributed by atoms with van der Waals surface area (Å²) in [5.41, 5.74) is 1.63. The highest BCUT2D eigenvalue weighted by atomic mass is 16.5. The SMILES string of the molecule is COc1ccccc1-c1cn(CC(C)O)nn1. The van der Waals surface area contributed by atoms with Gasteiger partial charge in [0.05, 0.1) is 26.0 Å². The highest BCUT2D eigenvalue weighted by Crippen LogP contribution is 2.27. The molecule has 0 aliphatic heterocycles. The predicted octanol–water partition coefficient (Wildman–Crippen LogP) is 1.33. The molecule has 1 heterocycles. The lowest BCUT2D eigenvalue weighted by molar-refractivity contribution is 0.167. The van der Waals surface area contributed by atoms with E-state index in [2.05, 4.69) is 10.3 Å². The van der Waals surface area contributed by atoms with Crippen LogP contribution in [0.5, 0.6) is 5.75 Å². The summed E-state index contributed by atoms with van der Waals surface area (Å²) in [5.74, 6) is 0.761. The van der Waals surface area contributed by atoms with E-state index in [1.54, 1.807) is 24.9 Å². The Bertz CT molecular complexity index is 494. The van der Waals surface area contributed by atoms with Crippen LogP contribution in [-0.2, 0) is 6.54 Å². The fourth-order valence-corrected chi connectivity index (χ4v) is 1.64. The van der Waals surface area contributed by atoms with Crippen molar-refractivity contribution in [2.75, 3.05) is 7.11 Å². The van der Waals surface area contributed by atoms with E-state index in [-0.39, 0.29) is 0 Å². The molecule has 0 saturated carbocycles. The van der Waals surface area contributed by atoms with E-state index >= 15 is 0 Å². The number of hydrogen-bond donors (Lipinski definition) is 1. The molecule has 2 rings (SSSR count). The van der Waals surface area contributed by atoms with Crippen LogP contribution in [0.4, 0.5) is 0 Å². The van der Waals surface area contributed by atoms with Crippen LogP contribution < -0.4 is 4.74 Å². The Morgan fingerprint density at radius 1 is 1.41 bits per heavy atom. The molecule has 1 aromatic carbocycles. The number of aliphatic hydroxyl groups excluding tert-OH is 1. The van der Waals surface area contributed by atoms with Gasteiger partial charge in [0.1, 0.15) is 11.4 Å². The van der Waals surface area contributed by atoms with Gasteiger partial charge >= 0.3 is 0 Å². The molecule has 5 nitrogen and oxygen atoms in total. The monoisotopic (exact) mass is 233 g/mol. The van der Waals surface area contributed by atoms with Crippen LogP contribution in [0.3, 0.4) is 0 Å². The minimum Gasteiger partial charge on any atom is -0.496 e. The van der Waals surface area contributed by atoms with Crippen LogP contribution in [0.1, 0.15) is 6.92 Å². The third kappa shape index (κ3) is 2.62. The Morgan fingerprint density at radius 3 is 2.88 bits per heavy atom. The van der Waals surface area contributed by atoms with Gasteiger partial charge in [0.2, 0.25) is 0 Å². The van der Waals surface area contributed by atoms with Gasteiger partial charge in [-0.3, -0.25) is 0 Å². The second kappa shape index (κ2) is 4.97. The zero-order chi connectivity index (χ0) is 12.3. The maximum atomic E-state index is 9.27. The molecular weight excluding hydrogens is 218 g/mol. The summed E-state index contributed by atoms with van der Waals surface area (Å²) in [4.78, 5) is 0. The molecule has 0 bridgehead atoms. The molecule has 0 spiro atoms. The molecule has 0 saturated heterocycles. The predicted molar refractivity (Wildman–Crippen MR) is 63.7 cm³/mol. The first kappa shape index (κ1) is 11.6. The normalized spacial score (nSPS) is 12.4. The van der Waals surface area contributed by atoms with Crippen molar-refractivity contribution in [2.24, 2.45) is 0 Å². The van der Waals surface area contributed by atoms with Crippen molar-refractivity contribution in [2.45, 2.75) is 19.6 Å². The van der Waals surface area contributed by atoms with E-state index in [0.717, 1.165) is 17.0 Å². The van der Waals surface area contributed by atoms with E-state index < -0.39 is 6.10 Å². The molecule has 1 N–H and O–H groups in total. The smallest absolute Gasteiger partial charge is 0.128 e. The molecule has 1 unspecified atom stereocenters. The molecule has 1 aromatic heterocycles. The lowest BCUT2D eigenvalue weighted by Gasteiger charge is -2.04. The number of nitrogens with zero attached hydrogens (tertiary/aromatic N) is 3. The van der Waals surface area contributed by atoms with Gasteiger partial charge in [0, 0.05) is 5.56 Å². The van der Waals surface area contributed by atoms with Crippen LogP contribution in [0, 0.1) is 0 Å². The molecule has 1 atom stereocenters. The summed E-state index contributed by atoms with van der Waals surface area (Å²) in [6.45, 7) is 2.15. The van der Waals surface area contributed by atoms with Gasteiger partial charge in [-0.2, -0.15) is 0 Å². The number of rotatable bonds is 4. The van der Waals surface area contributed by atoms with Crippen molar-refractivity contribution in [3.05, 3.63) is 30.5 Å². The summed E-state index contributed by atoms with van der Waals surface area (Å²) in [5, 5.41) is 17.3. The van der Waals surface area contributed by atoms with E-state index in [9.17, 15) is 5.11 Å². The molecule has 0 radical (unpaired) electrons. The summed E-state index contributed by atoms with van der Waals surface area (Å²) in [6, 6.07) is 7.63. The Morgan fingerprint density at radius 2 is 2.18 bits per heavy atom. The minimum absolute atomic E-state index is 0.433. The van der Waals surface area contributed by atoms with Gasteiger partial charge < -0.3 is 9.84 Å². The first-order valence-electron chi connectivity index (χ1n) is 5.42. The maximum absolute atomic E-state index is 9.27. The fourth-order valence-electron chi connectivity index (χ4n) is 1.64. The third-order valence-electron chi connectivity index (χ3n) is 2.37. The lowest BCUT2D eigenvalue weighted by Crippen LogP contribution is -2.11. The molecule has 17 heavy (non-hydrogen) atoms. The van der Waals surface area contributed by atoms with Gasteiger partial charge in [-0.05, 0) is 19.1 Å². The van der Waals surface area contributed by atoms with Gasteiger partial charge in [-0.25, -0.2) is 4.68 Å². The van der Waals surface area contributed by atoms with Crippen molar-refractivity contribution >= 4 is 0 Å². The topological polar surface area (TPSA) is 60.2 Å². The zero-order valence-corrected chi connectivity index (χ0v) is 9.87. The summed E-state index contributed by atoms with van der Waals surface area (Å²) in [7, 11) is 1.62. The highest BCUT2D eigenvalue weighted by Gasteiger charge is 2.09. The Kier molecular flexibility index (Phi) is 3.39. The molecule has 0 aliphatic carbocycles. The van der Waals surface area contributed by atoms with Crippen LogP contribution in [0.2, 0.25) is 0 Å². The molecule has 2 aromatic rings. The number of aromatic nitrogens is 3. The Balaban J connectivity index is 2.30. The molecule has 90 valence electrons. The highest BCUT2D eigenvalue weighted by molar-refractivity contribution is 5.65. The largest absolute Gasteiger partial charge is 0.496 e. The molecule has 5 heteroatoms. The molecule has 0 amide bonds. The molecule has 0 fully saturated rings. The molecule has 0 aliphatic rings. The Labute approximate surface area is 99.7 Å². The van der Waals surface area contributed by atoms with Gasteiger partial charge in [0.15, 0.2) is 0 Å². The van der Waals surface area contributed by atoms with Gasteiger partial charge in [-0.1, -0.05) is 17.3 Å². The number of benzene rings is 1. The number of hydrogen-bond acceptors (Lipinski definition) is 4. The van der Waals surface area contributed by atoms with Crippen LogP contribution in [0.15, 0.2) is 30.5 Å². The van der Waals surface area contributed by atoms with E-state index in [4.69, 9.17) is 4.74 Å². The van der Waals surface area contributed by atoms with Crippen molar-refractivity contribution < 1.29 is 9.84 Å². The van der Waals surface area contributed by atoms with Crippen LogP contribution in [0.25, 0.3) is 11.3 Å². The molecular formula is C12H15N3O2. The van der Waals surface area contributed by atoms with Crippen molar-refractivity contribution in [3.63, 3.8) is 0 Å². The van der Waals surface area contributed by atoms with Crippen molar-refractivity contribution in [1.82, 2.24) is 15.0 Å². The summed E-state index contributed by atoms with van der Waals surface area (Å²) in [6.07, 6.45) is 1.35. The van der Waals surface area contributed by atoms with Crippen LogP contribution >= 0.6 is 0 Å². The fraction of sp³-hybridized carbons (Fsp3) is 0.333. The second-order valence-electron chi connectivity index (χ2n) is 3.88. The second-order valence-corrected chi connectivity index (χ2v) is 3.88. The number of para-hydroxylation sites is 1. The van der Waals surface area contributed by atoms with Crippen LogP contribution in [-0.4, -0.2) is 33.3 Å². The van der Waals surface area contributed by atoms with Crippen molar-refractivity contribution in [3.8, 4) is 17.0 Å². The van der Waals surface area contributed by atoms with E-state index in [0.29, 0.717) is 6.54 Å². The quantitative estimate of drug-likeness (QED) is 0.865. The number of aliphatic hydroxyl groups is 1. The average Bonchev–Trinajstić information content (AvgIpc) is 2.76. The maximum Gasteiger partial charge on any atom is 0.128 e. The first-order chi connectivity index (χ1) is 8.20. The average molecular weight is 233 g/mol. The van der Waals surface area contributed by atoms with E-state index in [1.165, 1.54) is 0 Å². The minimum atomic E-state index is -0.442. The van der Waals surface area contributed by atoms with Gasteiger partial charge in [-0.15, -0.1) is 5.10 Å². The number of ether oxygens (including phenoxy) is 1. The van der Waals surface area contributed by atoms with Crippen molar-refractivity contribution in [1.29, 1.82) is 0 Å². The zero-order valence-electron chi connectivity index (χ0n) is 9.87.